The van der Waals surface area contributed by atoms with E-state index in [-0.39, 0.29) is 17.5 Å². The number of aromatic amines is 1. The highest BCUT2D eigenvalue weighted by molar-refractivity contribution is 5.90. The van der Waals surface area contributed by atoms with Crippen LogP contribution in [0.1, 0.15) is 45.9 Å². The predicted octanol–water partition coefficient (Wildman–Crippen LogP) is 2.80. The smallest absolute Gasteiger partial charge is 0.333 e. The minimum atomic E-state index is -2.80. The average molecular weight is 465 g/mol. The molecule has 1 N–H and O–H groups in total. The number of carbonyl (C=O) groups is 1. The number of halogens is 2. The minimum absolute atomic E-state index is 0.0486. The first-order chi connectivity index (χ1) is 16.5. The maximum absolute atomic E-state index is 13.5. The Bertz CT molecular complexity index is 1520. The number of hydrogen-bond donors (Lipinski definition) is 1. The van der Waals surface area contributed by atoms with Gasteiger partial charge in [-0.25, -0.2) is 14.2 Å². The van der Waals surface area contributed by atoms with Crippen LogP contribution in [-0.4, -0.2) is 56.9 Å². The number of nitrogens with one attached hydrogen (secondary N) is 1. The molecule has 34 heavy (non-hydrogen) atoms. The zero-order valence-electron chi connectivity index (χ0n) is 17.8. The van der Waals surface area contributed by atoms with Gasteiger partial charge in [-0.1, -0.05) is 6.07 Å². The molecule has 0 spiro atoms. The molecule has 0 fully saturated rings. The molecule has 1 aliphatic rings. The summed E-state index contributed by atoms with van der Waals surface area (Å²) < 4.78 is 33.4. The first-order valence-corrected chi connectivity index (χ1v) is 10.4. The van der Waals surface area contributed by atoms with E-state index in [4.69, 9.17) is 9.52 Å². The number of hydrogen-bond acceptors (Lipinski definition) is 7. The summed E-state index contributed by atoms with van der Waals surface area (Å²) in [6, 6.07) is 6.56. The lowest BCUT2D eigenvalue weighted by Crippen LogP contribution is -2.41. The van der Waals surface area contributed by atoms with Crippen LogP contribution in [0.2, 0.25) is 0 Å². The normalized spacial score (nSPS) is 15.9. The van der Waals surface area contributed by atoms with Gasteiger partial charge in [0.05, 0.1) is 23.2 Å². The van der Waals surface area contributed by atoms with E-state index in [1.807, 2.05) is 31.3 Å². The number of nitrogens with zero attached hydrogens (tertiary/aromatic N) is 8. The molecule has 11 nitrogen and oxygen atoms in total. The first kappa shape index (κ1) is 20.2. The highest BCUT2D eigenvalue weighted by atomic mass is 19.3. The second-order valence-electron chi connectivity index (χ2n) is 7.88. The monoisotopic (exact) mass is 465 g/mol. The molecule has 172 valence electrons. The van der Waals surface area contributed by atoms with Crippen LogP contribution in [0.15, 0.2) is 47.4 Å². The van der Waals surface area contributed by atoms with Gasteiger partial charge in [0.1, 0.15) is 11.7 Å². The predicted molar refractivity (Wildman–Crippen MR) is 112 cm³/mol. The fraction of sp³-hybridized carbons (Fsp3) is 0.238. The van der Waals surface area contributed by atoms with Crippen molar-refractivity contribution in [2.24, 2.45) is 0 Å². The van der Waals surface area contributed by atoms with Crippen LogP contribution in [0, 0.1) is 6.92 Å². The maximum Gasteiger partial charge on any atom is 0.333 e. The zero-order chi connectivity index (χ0) is 23.4. The maximum atomic E-state index is 13.5. The van der Waals surface area contributed by atoms with Crippen molar-refractivity contribution in [2.45, 2.75) is 25.9 Å². The van der Waals surface area contributed by atoms with Gasteiger partial charge in [-0.05, 0) is 30.7 Å². The molecule has 0 aromatic carbocycles. The number of rotatable bonds is 4. The van der Waals surface area contributed by atoms with E-state index in [9.17, 15) is 13.6 Å². The summed E-state index contributed by atoms with van der Waals surface area (Å²) in [5, 5.41) is 16.1. The molecule has 1 atom stereocenters. The van der Waals surface area contributed by atoms with E-state index in [0.717, 1.165) is 23.0 Å². The van der Waals surface area contributed by atoms with Crippen LogP contribution in [0.5, 0.6) is 0 Å². The Morgan fingerprint density at radius 3 is 2.91 bits per heavy atom. The van der Waals surface area contributed by atoms with Gasteiger partial charge in [0.2, 0.25) is 0 Å². The van der Waals surface area contributed by atoms with Crippen molar-refractivity contribution >= 4 is 11.4 Å². The first-order valence-electron chi connectivity index (χ1n) is 10.4. The molecule has 5 aromatic heterocycles. The van der Waals surface area contributed by atoms with Crippen LogP contribution < -0.4 is 0 Å². The number of carbonyl (C=O) groups excluding carboxylic acids is 1. The summed E-state index contributed by atoms with van der Waals surface area (Å²) in [6.07, 6.45) is 5.09. The number of fused-ring (bicyclic) bond motifs is 2. The Morgan fingerprint density at radius 2 is 2.12 bits per heavy atom. The summed E-state index contributed by atoms with van der Waals surface area (Å²) in [7, 11) is 0. The van der Waals surface area contributed by atoms with Crippen LogP contribution in [0.25, 0.3) is 17.1 Å². The number of H-pyrrole nitrogens is 1. The van der Waals surface area contributed by atoms with Gasteiger partial charge < -0.3 is 14.3 Å². The number of amides is 1. The lowest BCUT2D eigenvalue weighted by atomic mass is 9.99. The van der Waals surface area contributed by atoms with Crippen molar-refractivity contribution in [1.29, 1.82) is 0 Å². The average Bonchev–Trinajstić information content (AvgIpc) is 3.62. The van der Waals surface area contributed by atoms with Gasteiger partial charge in [0.25, 0.3) is 5.89 Å². The molecule has 0 aliphatic carbocycles. The SMILES string of the molecule is Cc1cccn2nc([C@@H]3c4nc[nH]c4CCN3C(=O)c3nnc(-c4ccn(C(F)F)n4)o3)cc12. The highest BCUT2D eigenvalue weighted by Crippen LogP contribution is 2.34. The Hall–Kier alpha value is -4.42. The number of aromatic nitrogens is 8. The fourth-order valence-corrected chi connectivity index (χ4v) is 4.20. The van der Waals surface area contributed by atoms with Gasteiger partial charge in [-0.15, -0.1) is 10.2 Å². The zero-order valence-corrected chi connectivity index (χ0v) is 17.8. The molecule has 1 aliphatic heterocycles. The lowest BCUT2D eigenvalue weighted by molar-refractivity contribution is 0.0566. The molecule has 6 rings (SSSR count). The topological polar surface area (TPSA) is 123 Å². The van der Waals surface area contributed by atoms with Crippen molar-refractivity contribution < 1.29 is 18.0 Å². The van der Waals surface area contributed by atoms with Crippen molar-refractivity contribution in [1.82, 2.24) is 44.5 Å². The molecule has 0 unspecified atom stereocenters. The van der Waals surface area contributed by atoms with Crippen LogP contribution >= 0.6 is 0 Å². The molecule has 6 heterocycles. The standard InChI is InChI=1S/C21H17F2N9O2/c1-11-3-2-6-31-15(11)9-14(29-31)17-16-12(24-10-25-16)4-7-30(17)20(33)19-27-26-18(34-19)13-5-8-32(28-13)21(22)23/h2-3,5-6,8-10,17,21H,4,7H2,1H3,(H,24,25)/t17-/m1/s1. The molecular formula is C21H17F2N9O2. The molecule has 1 amide bonds. The van der Waals surface area contributed by atoms with Crippen molar-refractivity contribution in [3.63, 3.8) is 0 Å². The van der Waals surface area contributed by atoms with Crippen LogP contribution in [-0.2, 0) is 6.42 Å². The largest absolute Gasteiger partial charge is 0.411 e. The Balaban J connectivity index is 1.37. The molecule has 5 aromatic rings. The Morgan fingerprint density at radius 1 is 1.24 bits per heavy atom. The Labute approximate surface area is 190 Å². The molecule has 0 bridgehead atoms. The van der Waals surface area contributed by atoms with E-state index in [0.29, 0.717) is 29.0 Å². The molecule has 0 saturated heterocycles. The summed E-state index contributed by atoms with van der Waals surface area (Å²) >= 11 is 0. The minimum Gasteiger partial charge on any atom is -0.411 e. The number of pyridine rings is 1. The number of aryl methyl sites for hydroxylation is 1. The van der Waals surface area contributed by atoms with Crippen molar-refractivity contribution in [2.75, 3.05) is 6.54 Å². The van der Waals surface area contributed by atoms with E-state index >= 15 is 0 Å². The third kappa shape index (κ3) is 3.16. The van der Waals surface area contributed by atoms with E-state index in [1.165, 1.54) is 6.07 Å². The van der Waals surface area contributed by atoms with Gasteiger partial charge >= 0.3 is 18.3 Å². The molecular weight excluding hydrogens is 448 g/mol. The van der Waals surface area contributed by atoms with E-state index in [1.54, 1.807) is 15.7 Å². The van der Waals surface area contributed by atoms with Crippen molar-refractivity contribution in [3.05, 3.63) is 71.5 Å². The fourth-order valence-electron chi connectivity index (χ4n) is 4.20. The number of alkyl halides is 2. The summed E-state index contributed by atoms with van der Waals surface area (Å²) in [6.45, 7) is -0.452. The highest BCUT2D eigenvalue weighted by Gasteiger charge is 2.38. The third-order valence-corrected chi connectivity index (χ3v) is 5.83. The van der Waals surface area contributed by atoms with E-state index < -0.39 is 18.5 Å². The molecule has 0 saturated carbocycles. The van der Waals surface area contributed by atoms with Crippen LogP contribution in [0.3, 0.4) is 0 Å². The summed E-state index contributed by atoms with van der Waals surface area (Å²) in [5.74, 6) is -0.912. The number of imidazole rings is 1. The van der Waals surface area contributed by atoms with Crippen LogP contribution in [0.4, 0.5) is 8.78 Å². The summed E-state index contributed by atoms with van der Waals surface area (Å²) in [5.41, 5.74) is 4.27. The van der Waals surface area contributed by atoms with Crippen molar-refractivity contribution in [3.8, 4) is 11.6 Å². The van der Waals surface area contributed by atoms with Gasteiger partial charge in [0.15, 0.2) is 0 Å². The van der Waals surface area contributed by atoms with Gasteiger partial charge in [-0.2, -0.15) is 19.0 Å². The summed E-state index contributed by atoms with van der Waals surface area (Å²) in [4.78, 5) is 22.6. The second-order valence-corrected chi connectivity index (χ2v) is 7.88. The Kier molecular flexibility index (Phi) is 4.50. The molecule has 0 radical (unpaired) electrons. The second kappa shape index (κ2) is 7.57. The quantitative estimate of drug-likeness (QED) is 0.433. The third-order valence-electron chi connectivity index (χ3n) is 5.83. The molecule has 13 heteroatoms. The lowest BCUT2D eigenvalue weighted by Gasteiger charge is -2.32. The van der Waals surface area contributed by atoms with E-state index in [2.05, 4.69) is 25.3 Å². The van der Waals surface area contributed by atoms with Gasteiger partial charge in [0, 0.05) is 31.1 Å². The van der Waals surface area contributed by atoms with Gasteiger partial charge in [-0.3, -0.25) is 4.79 Å².